The van der Waals surface area contributed by atoms with Crippen molar-refractivity contribution in [3.63, 3.8) is 0 Å². The molecule has 6 unspecified atom stereocenters. The third kappa shape index (κ3) is 38.3. The largest absolute Gasteiger partial charge is 0.395 e. The van der Waals surface area contributed by atoms with Gasteiger partial charge in [-0.1, -0.05) is 402 Å². The molecule has 0 aliphatic heterocycles. The highest BCUT2D eigenvalue weighted by molar-refractivity contribution is 5.01. The van der Waals surface area contributed by atoms with Crippen LogP contribution in [0.4, 0.5) is 119 Å². The highest BCUT2D eigenvalue weighted by atomic mass is 19.4. The van der Waals surface area contributed by atoms with Crippen molar-refractivity contribution in [1.82, 2.24) is 0 Å². The number of rotatable bonds is 39. The molecule has 0 aromatic heterocycles. The lowest BCUT2D eigenvalue weighted by atomic mass is 9.57. The van der Waals surface area contributed by atoms with Crippen LogP contribution >= 0.6 is 0 Å². The van der Waals surface area contributed by atoms with Crippen molar-refractivity contribution in [3.05, 3.63) is 0 Å². The summed E-state index contributed by atoms with van der Waals surface area (Å²) in [6.45, 7) is 78.6. The molecule has 0 nitrogen and oxygen atoms in total. The van der Waals surface area contributed by atoms with Gasteiger partial charge in [0.25, 0.3) is 0 Å². The summed E-state index contributed by atoms with van der Waals surface area (Å²) in [6.07, 6.45) is -25.8. The van der Waals surface area contributed by atoms with Crippen LogP contribution in [0.5, 0.6) is 0 Å². The van der Waals surface area contributed by atoms with E-state index in [1.807, 2.05) is 159 Å². The predicted octanol–water partition coefficient (Wildman–Crippen LogP) is 43.5. The maximum atomic E-state index is 13.4. The molecule has 0 N–H and O–H groups in total. The average Bonchev–Trinajstić information content (AvgIpc) is 0.767. The molecule has 0 radical (unpaired) electrons. The van der Waals surface area contributed by atoms with Crippen molar-refractivity contribution in [2.24, 2.45) is 148 Å². The Hall–Kier alpha value is -1.89. The molecule has 0 fully saturated rings. The van der Waals surface area contributed by atoms with Gasteiger partial charge in [0.2, 0.25) is 0 Å². The van der Waals surface area contributed by atoms with Gasteiger partial charge in [-0.2, -0.15) is 119 Å². The van der Waals surface area contributed by atoms with Crippen LogP contribution in [0.1, 0.15) is 460 Å². The summed E-state index contributed by atoms with van der Waals surface area (Å²) < 4.78 is 352. The fourth-order valence-corrected chi connectivity index (χ4v) is 21.3. The summed E-state index contributed by atoms with van der Waals surface area (Å²) in [5.41, 5.74) is -15.2. The smallest absolute Gasteiger partial charge is 0.171 e. The fraction of sp³-hybridized carbons (Fsp3) is 1.00. The van der Waals surface area contributed by atoms with E-state index >= 15 is 0 Å². The van der Waals surface area contributed by atoms with Gasteiger partial charge in [-0.3, -0.25) is 0 Å². The zero-order valence-corrected chi connectivity index (χ0v) is 90.4. The quantitative estimate of drug-likeness (QED) is 0.0538. The topological polar surface area (TPSA) is 0 Å². The van der Waals surface area contributed by atoms with Crippen LogP contribution in [0, 0.1) is 148 Å². The molecule has 130 heavy (non-hydrogen) atoms. The predicted molar refractivity (Wildman–Crippen MR) is 496 cm³/mol. The molecule has 27 heteroatoms. The molecule has 0 aliphatic carbocycles. The normalized spacial score (nSPS) is 16.4. The Morgan fingerprint density at radius 2 is 0.400 bits per heavy atom. The molecule has 0 aromatic carbocycles. The minimum absolute atomic E-state index is 0.0361. The first-order valence-electron chi connectivity index (χ1n) is 49.2. The Balaban J connectivity index is -0.000000181. The first kappa shape index (κ1) is 146. The van der Waals surface area contributed by atoms with Gasteiger partial charge in [0, 0.05) is 0 Å². The molecule has 0 saturated carbocycles. The summed E-state index contributed by atoms with van der Waals surface area (Å²) in [5.74, 6) is -3.45. The third-order valence-corrected chi connectivity index (χ3v) is 32.9. The summed E-state index contributed by atoms with van der Waals surface area (Å²) in [7, 11) is 0. The lowest BCUT2D eigenvalue weighted by molar-refractivity contribution is -0.275. The van der Waals surface area contributed by atoms with Crippen molar-refractivity contribution in [2.75, 3.05) is 0 Å². The Morgan fingerprint density at radius 3 is 0.523 bits per heavy atom. The molecule has 0 aromatic rings. The van der Waals surface area contributed by atoms with Crippen LogP contribution < -0.4 is 0 Å². The lowest BCUT2D eigenvalue weighted by Crippen LogP contribution is -2.51. The van der Waals surface area contributed by atoms with Gasteiger partial charge < -0.3 is 0 Å². The van der Waals surface area contributed by atoms with E-state index in [0.29, 0.717) is 109 Å². The van der Waals surface area contributed by atoms with Gasteiger partial charge in [-0.15, -0.1) is 0 Å². The molecule has 798 valence electrons. The van der Waals surface area contributed by atoms with Crippen LogP contribution in [-0.4, -0.2) is 55.6 Å². The molecule has 0 heterocycles. The molecule has 0 amide bonds. The van der Waals surface area contributed by atoms with Gasteiger partial charge in [0.1, 0.15) is 0 Å². The highest BCUT2D eigenvalue weighted by Crippen LogP contribution is 2.62. The maximum Gasteiger partial charge on any atom is 0.395 e. The molecule has 0 aliphatic rings. The lowest BCUT2D eigenvalue weighted by Gasteiger charge is -2.49. The molecular weight excluding hydrogens is 1750 g/mol. The summed E-state index contributed by atoms with van der Waals surface area (Å²) in [5, 5.41) is 0. The van der Waals surface area contributed by atoms with Gasteiger partial charge >= 0.3 is 55.6 Å². The van der Waals surface area contributed by atoms with E-state index in [1.165, 1.54) is 62.3 Å². The van der Waals surface area contributed by atoms with E-state index in [-0.39, 0.29) is 109 Å². The standard InChI is InChI=1S/3C13H25F3.2C12H23F3.2C11H21F3.2C9H17F3/c1-8(2)11(9(3)4)12(7,10(5)6)13(14,15)16;1-7-8-12(6,13(14,15)16)11(9(2)3)10(4)5;1-6-10(7-2)12(5,13(14,15)16)11(8-3)9-4;1-7-10(5,8-2)11(6,9(3)4)12(13,14)15;1-6-9-11(5,12(13,14)15)10(4,7-2)8-3;1-6-9(7-2)10(5,8(3)4)11(12,13)14;1-5-8-10(4,11(12,13)14)9(6-2)7-3;1-6(2)8(5,7(3)4)9(10,11)12;1-4-6-8(3,7-5-2)9(10,11)12/h8-11H,1-7H3;9-11H,7-8H2,1-6H3;10-11H,6-9H2,1-5H3;9H,7-8H2,1-6H3;6-9H2,1-5H3;8-9H,6-7H2,1-5H3;9H,5-8H2,1-4H3;6-7H,1-5H3;4-7H2,1-3H3. The van der Waals surface area contributed by atoms with Crippen molar-refractivity contribution in [2.45, 2.75) is 515 Å². The third-order valence-electron chi connectivity index (χ3n) is 32.9. The zero-order chi connectivity index (χ0) is 107. The zero-order valence-electron chi connectivity index (χ0n) is 90.4. The summed E-state index contributed by atoms with van der Waals surface area (Å²) in [6, 6.07) is 0. The van der Waals surface area contributed by atoms with Crippen LogP contribution in [-0.2, 0) is 0 Å². The van der Waals surface area contributed by atoms with Gasteiger partial charge in [-0.25, -0.2) is 0 Å². The molecule has 6 atom stereocenters. The van der Waals surface area contributed by atoms with Crippen LogP contribution in [0.2, 0.25) is 0 Å². The number of alkyl halides is 27. The van der Waals surface area contributed by atoms with E-state index in [1.54, 1.807) is 96.9 Å². The van der Waals surface area contributed by atoms with E-state index in [9.17, 15) is 119 Å². The number of hydrogen-bond acceptors (Lipinski definition) is 0. The first-order valence-corrected chi connectivity index (χ1v) is 49.2. The van der Waals surface area contributed by atoms with E-state index in [2.05, 4.69) is 0 Å². The van der Waals surface area contributed by atoms with Gasteiger partial charge in [0.15, 0.2) is 0 Å². The van der Waals surface area contributed by atoms with E-state index < -0.39 is 127 Å². The highest BCUT2D eigenvalue weighted by Gasteiger charge is 2.65. The van der Waals surface area contributed by atoms with Crippen molar-refractivity contribution in [3.8, 4) is 0 Å². The Kier molecular flexibility index (Phi) is 66.2. The number of hydrogen-bond donors (Lipinski definition) is 0. The maximum absolute atomic E-state index is 13.4. The van der Waals surface area contributed by atoms with Crippen molar-refractivity contribution in [1.29, 1.82) is 0 Å². The molecule has 0 saturated heterocycles. The minimum atomic E-state index is -4.14. The van der Waals surface area contributed by atoms with Crippen molar-refractivity contribution >= 4 is 0 Å². The average molecular weight is 1950 g/mol. The molecule has 0 rings (SSSR count). The Labute approximate surface area is 778 Å². The fourth-order valence-electron chi connectivity index (χ4n) is 21.3. The molecule has 0 spiro atoms. The van der Waals surface area contributed by atoms with E-state index in [4.69, 9.17) is 0 Å². The molecule has 0 bridgehead atoms. The Bertz CT molecular complexity index is 2720. The summed E-state index contributed by atoms with van der Waals surface area (Å²) >= 11 is 0. The van der Waals surface area contributed by atoms with Gasteiger partial charge in [0.05, 0.1) is 48.7 Å². The SMILES string of the molecule is CC(C)C(C(C)C)C(C)(C(C)C)C(F)(F)F.CC(C)C(C)(C(C)C)C(F)(F)F.CCC(C)(CC)C(C)(C(C)C)C(F)(F)F.CCC(CC)C(C)(C(C)C)C(F)(F)F.CCC(CC)C(C)(C(CC)CC)C(F)(F)F.CCCC(C)(C(C(C)C)C(C)C)C(F)(F)F.CCCC(C)(C(CC)CC)C(F)(F)F.CCCC(C)(C(F)(F)F)C(C)(CC)CC.CCCC(C)(CCC)C(F)(F)F. The Morgan fingerprint density at radius 1 is 0.177 bits per heavy atom. The second kappa shape index (κ2) is 59.0. The monoisotopic (exact) mass is 1950 g/mol. The first-order chi connectivity index (χ1) is 57.6. The second-order valence-corrected chi connectivity index (χ2v) is 42.7. The second-order valence-electron chi connectivity index (χ2n) is 42.7. The van der Waals surface area contributed by atoms with Gasteiger partial charge in [-0.05, 0) is 157 Å². The van der Waals surface area contributed by atoms with Crippen LogP contribution in [0.25, 0.3) is 0 Å². The van der Waals surface area contributed by atoms with Crippen molar-refractivity contribution < 1.29 is 119 Å². The van der Waals surface area contributed by atoms with E-state index in [0.717, 1.165) is 0 Å². The number of halogens is 27. The van der Waals surface area contributed by atoms with Crippen LogP contribution in [0.3, 0.4) is 0 Å². The van der Waals surface area contributed by atoms with Crippen LogP contribution in [0.15, 0.2) is 0 Å². The molecular formula is C103H197F27. The summed E-state index contributed by atoms with van der Waals surface area (Å²) in [4.78, 5) is 0. The minimum Gasteiger partial charge on any atom is -0.171 e.